The fourth-order valence-electron chi connectivity index (χ4n) is 1.33. The number of nitrogens with zero attached hydrogens (tertiary/aromatic N) is 1. The van der Waals surface area contributed by atoms with E-state index in [0.717, 1.165) is 0 Å². The molecule has 0 aliphatic heterocycles. The van der Waals surface area contributed by atoms with Crippen molar-refractivity contribution < 1.29 is 18.5 Å². The van der Waals surface area contributed by atoms with Crippen molar-refractivity contribution in [2.45, 2.75) is 31.7 Å². The van der Waals surface area contributed by atoms with Crippen molar-refractivity contribution in [3.63, 3.8) is 0 Å². The molecule has 1 aromatic carbocycles. The molecule has 0 aliphatic rings. The fourth-order valence-corrected chi connectivity index (χ4v) is 1.39. The fraction of sp³-hybridized carbons (Fsp3) is 0.417. The second-order valence-electron chi connectivity index (χ2n) is 4.84. The minimum atomic E-state index is -1.38. The molecule has 0 spiro atoms. The highest BCUT2D eigenvalue weighted by atomic mass is 35.5. The number of rotatable bonds is 4. The van der Waals surface area contributed by atoms with Crippen molar-refractivity contribution in [2.24, 2.45) is 0 Å². The predicted molar refractivity (Wildman–Crippen MR) is 69.9 cm³/mol. The summed E-state index contributed by atoms with van der Waals surface area (Å²) in [6.45, 7) is 4.80. The van der Waals surface area contributed by atoms with Crippen LogP contribution < -0.4 is 5.32 Å². The third-order valence-electron chi connectivity index (χ3n) is 2.89. The first-order chi connectivity index (χ1) is 9.06. The van der Waals surface area contributed by atoms with Gasteiger partial charge in [-0.05, 0) is 26.8 Å². The average molecular weight is 307 g/mol. The van der Waals surface area contributed by atoms with Gasteiger partial charge in [-0.1, -0.05) is 0 Å². The molecule has 1 N–H and O–H groups in total. The summed E-state index contributed by atoms with van der Waals surface area (Å²) >= 11 is 5.86. The van der Waals surface area contributed by atoms with Gasteiger partial charge in [0.1, 0.15) is 5.82 Å². The predicted octanol–water partition coefficient (Wildman–Crippen LogP) is 3.01. The molecular weight excluding hydrogens is 294 g/mol. The number of nitro benzene ring substituents is 1. The Morgan fingerprint density at radius 1 is 1.45 bits per heavy atom. The Bertz CT molecular complexity index is 562. The van der Waals surface area contributed by atoms with Crippen LogP contribution in [0, 0.1) is 21.7 Å². The van der Waals surface area contributed by atoms with E-state index in [1.54, 1.807) is 20.8 Å². The lowest BCUT2D eigenvalue weighted by Gasteiger charge is -2.29. The van der Waals surface area contributed by atoms with Crippen LogP contribution in [0.1, 0.15) is 31.1 Å². The first-order valence-corrected chi connectivity index (χ1v) is 6.10. The van der Waals surface area contributed by atoms with E-state index < -0.39 is 44.6 Å². The van der Waals surface area contributed by atoms with E-state index in [0.29, 0.717) is 12.1 Å². The van der Waals surface area contributed by atoms with Crippen LogP contribution in [-0.4, -0.2) is 21.7 Å². The molecule has 0 aromatic heterocycles. The van der Waals surface area contributed by atoms with Gasteiger partial charge in [0.2, 0.25) is 5.82 Å². The van der Waals surface area contributed by atoms with E-state index in [4.69, 9.17) is 11.6 Å². The van der Waals surface area contributed by atoms with Crippen molar-refractivity contribution in [2.75, 3.05) is 0 Å². The summed E-state index contributed by atoms with van der Waals surface area (Å²) in [6, 6.07) is 1.02. The van der Waals surface area contributed by atoms with Crippen molar-refractivity contribution in [1.82, 2.24) is 5.32 Å². The Hall–Kier alpha value is -1.76. The van der Waals surface area contributed by atoms with E-state index in [2.05, 4.69) is 5.32 Å². The Morgan fingerprint density at radius 3 is 2.45 bits per heavy atom. The van der Waals surface area contributed by atoms with Crippen molar-refractivity contribution in [3.05, 3.63) is 39.4 Å². The lowest BCUT2D eigenvalue weighted by Crippen LogP contribution is -2.49. The van der Waals surface area contributed by atoms with Crippen LogP contribution in [0.15, 0.2) is 12.1 Å². The summed E-state index contributed by atoms with van der Waals surface area (Å²) in [5, 5.41) is 12.5. The lowest BCUT2D eigenvalue weighted by atomic mass is 10.0. The molecule has 0 saturated heterocycles. The SMILES string of the molecule is CC(Cl)C(C)(C)NC(=O)c1cc(F)cc([N+](=O)[O-])c1F. The Balaban J connectivity index is 3.21. The number of carbonyl (C=O) groups is 1. The van der Waals surface area contributed by atoms with E-state index >= 15 is 0 Å². The molecule has 1 aromatic rings. The van der Waals surface area contributed by atoms with Crippen LogP contribution in [0.5, 0.6) is 0 Å². The quantitative estimate of drug-likeness (QED) is 0.528. The summed E-state index contributed by atoms with van der Waals surface area (Å²) in [7, 11) is 0. The Labute approximate surface area is 119 Å². The maximum atomic E-state index is 13.8. The van der Waals surface area contributed by atoms with Gasteiger partial charge in [-0.3, -0.25) is 14.9 Å². The summed E-state index contributed by atoms with van der Waals surface area (Å²) in [4.78, 5) is 21.4. The zero-order valence-corrected chi connectivity index (χ0v) is 11.8. The van der Waals surface area contributed by atoms with E-state index in [1.807, 2.05) is 0 Å². The molecule has 0 heterocycles. The molecule has 1 amide bonds. The lowest BCUT2D eigenvalue weighted by molar-refractivity contribution is -0.387. The first kappa shape index (κ1) is 16.3. The zero-order valence-electron chi connectivity index (χ0n) is 11.0. The second-order valence-corrected chi connectivity index (χ2v) is 5.49. The number of benzene rings is 1. The maximum absolute atomic E-state index is 13.8. The minimum absolute atomic E-state index is 0.418. The van der Waals surface area contributed by atoms with Crippen LogP contribution >= 0.6 is 11.6 Å². The Morgan fingerprint density at radius 2 is 2.00 bits per heavy atom. The average Bonchev–Trinajstić information content (AvgIpc) is 2.30. The summed E-state index contributed by atoms with van der Waals surface area (Å²) in [6.07, 6.45) is 0. The smallest absolute Gasteiger partial charge is 0.308 e. The minimum Gasteiger partial charge on any atom is -0.346 e. The third kappa shape index (κ3) is 3.41. The molecule has 0 fully saturated rings. The van der Waals surface area contributed by atoms with Gasteiger partial charge in [-0.2, -0.15) is 4.39 Å². The van der Waals surface area contributed by atoms with Gasteiger partial charge in [0.05, 0.1) is 27.5 Å². The molecule has 8 heteroatoms. The van der Waals surface area contributed by atoms with Gasteiger partial charge in [-0.25, -0.2) is 4.39 Å². The van der Waals surface area contributed by atoms with Gasteiger partial charge in [0, 0.05) is 0 Å². The molecule has 0 radical (unpaired) electrons. The van der Waals surface area contributed by atoms with Crippen molar-refractivity contribution >= 4 is 23.2 Å². The highest BCUT2D eigenvalue weighted by Gasteiger charge is 2.30. The van der Waals surface area contributed by atoms with Gasteiger partial charge in [0.25, 0.3) is 5.91 Å². The molecular formula is C12H13ClF2N2O3. The normalized spacial score (nSPS) is 12.9. The van der Waals surface area contributed by atoms with Crippen LogP contribution in [0.4, 0.5) is 14.5 Å². The molecule has 0 saturated carbocycles. The largest absolute Gasteiger partial charge is 0.346 e. The monoisotopic (exact) mass is 306 g/mol. The molecule has 0 aliphatic carbocycles. The first-order valence-electron chi connectivity index (χ1n) is 5.66. The molecule has 20 heavy (non-hydrogen) atoms. The standard InChI is InChI=1S/C12H13ClF2N2O3/c1-6(13)12(2,3)16-11(18)8-4-7(14)5-9(10(8)15)17(19)20/h4-6H,1-3H3,(H,16,18). The van der Waals surface area contributed by atoms with Crippen molar-refractivity contribution in [3.8, 4) is 0 Å². The molecule has 0 bridgehead atoms. The number of hydrogen-bond acceptors (Lipinski definition) is 3. The molecule has 1 atom stereocenters. The van der Waals surface area contributed by atoms with E-state index in [-0.39, 0.29) is 0 Å². The number of nitro groups is 1. The van der Waals surface area contributed by atoms with Gasteiger partial charge < -0.3 is 5.32 Å². The zero-order chi connectivity index (χ0) is 15.7. The van der Waals surface area contributed by atoms with Crippen LogP contribution in [0.2, 0.25) is 0 Å². The Kier molecular flexibility index (Phi) is 4.65. The van der Waals surface area contributed by atoms with Crippen molar-refractivity contribution in [1.29, 1.82) is 0 Å². The number of nitrogens with one attached hydrogen (secondary N) is 1. The molecule has 1 rings (SSSR count). The summed E-state index contributed by atoms with van der Waals surface area (Å²) < 4.78 is 27.1. The number of halogens is 3. The third-order valence-corrected chi connectivity index (χ3v) is 3.44. The number of alkyl halides is 1. The number of carbonyl (C=O) groups excluding carboxylic acids is 1. The molecule has 1 unspecified atom stereocenters. The topological polar surface area (TPSA) is 72.2 Å². The summed E-state index contributed by atoms with van der Waals surface area (Å²) in [5.74, 6) is -3.42. The van der Waals surface area contributed by atoms with Crippen LogP contribution in [0.25, 0.3) is 0 Å². The van der Waals surface area contributed by atoms with Gasteiger partial charge in [0.15, 0.2) is 0 Å². The number of amides is 1. The second kappa shape index (κ2) is 5.70. The summed E-state index contributed by atoms with van der Waals surface area (Å²) in [5.41, 5.74) is -2.72. The van der Waals surface area contributed by atoms with E-state index in [1.165, 1.54) is 0 Å². The highest BCUT2D eigenvalue weighted by Crippen LogP contribution is 2.23. The van der Waals surface area contributed by atoms with Crippen LogP contribution in [0.3, 0.4) is 0 Å². The van der Waals surface area contributed by atoms with Gasteiger partial charge in [-0.15, -0.1) is 11.6 Å². The molecule has 110 valence electrons. The number of hydrogen-bond donors (Lipinski definition) is 1. The highest BCUT2D eigenvalue weighted by molar-refractivity contribution is 6.21. The molecule has 5 nitrogen and oxygen atoms in total. The maximum Gasteiger partial charge on any atom is 0.308 e. The van der Waals surface area contributed by atoms with E-state index in [9.17, 15) is 23.7 Å². The van der Waals surface area contributed by atoms with Crippen LogP contribution in [-0.2, 0) is 0 Å². The van der Waals surface area contributed by atoms with Gasteiger partial charge >= 0.3 is 5.69 Å².